The van der Waals surface area contributed by atoms with Gasteiger partial charge in [0.2, 0.25) is 5.95 Å². The molecule has 1 aliphatic rings. The van der Waals surface area contributed by atoms with Crippen molar-refractivity contribution in [1.82, 2.24) is 14.8 Å². The normalized spacial score (nSPS) is 23.9. The van der Waals surface area contributed by atoms with Crippen molar-refractivity contribution in [3.63, 3.8) is 0 Å². The van der Waals surface area contributed by atoms with E-state index in [4.69, 9.17) is 0 Å². The third kappa shape index (κ3) is 1.51. The summed E-state index contributed by atoms with van der Waals surface area (Å²) < 4.78 is 2.02. The van der Waals surface area contributed by atoms with Crippen LogP contribution in [0.2, 0.25) is 0 Å². The molecule has 2 atom stereocenters. The van der Waals surface area contributed by atoms with Crippen LogP contribution in [0.4, 0.5) is 5.95 Å². The van der Waals surface area contributed by atoms with Crippen molar-refractivity contribution in [3.8, 4) is 0 Å². The van der Waals surface area contributed by atoms with Gasteiger partial charge in [0, 0.05) is 10.9 Å². The van der Waals surface area contributed by atoms with Gasteiger partial charge < -0.3 is 5.32 Å². The smallest absolute Gasteiger partial charge is 0.222 e. The number of rotatable bonds is 1. The molecule has 16 heavy (non-hydrogen) atoms. The quantitative estimate of drug-likeness (QED) is 0.824. The second-order valence-corrected chi connectivity index (χ2v) is 5.22. The molecule has 2 aromatic heterocycles. The van der Waals surface area contributed by atoms with Crippen molar-refractivity contribution in [2.24, 2.45) is 0 Å². The second-order valence-electron chi connectivity index (χ2n) is 4.24. The lowest BCUT2D eigenvalue weighted by Gasteiger charge is -2.28. The fourth-order valence-corrected chi connectivity index (χ4v) is 3.00. The van der Waals surface area contributed by atoms with Crippen molar-refractivity contribution in [1.29, 1.82) is 0 Å². The Bertz CT molecular complexity index is 488. The van der Waals surface area contributed by atoms with E-state index in [0.29, 0.717) is 12.1 Å². The summed E-state index contributed by atoms with van der Waals surface area (Å²) in [7, 11) is 0. The molecule has 0 amide bonds. The highest BCUT2D eigenvalue weighted by molar-refractivity contribution is 7.10. The standard InChI is InChI=1S/C11H14N4S/c1-7-6-9(10-4-3-5-16-10)15-11(12-7)13-8(2)14-15/h3-5,7,9H,6H2,1-2H3,(H,12,13,14)/t7-,9-/m0/s1. The first-order valence-electron chi connectivity index (χ1n) is 5.47. The molecule has 2 aromatic rings. The van der Waals surface area contributed by atoms with E-state index in [0.717, 1.165) is 18.2 Å². The maximum Gasteiger partial charge on any atom is 0.222 e. The van der Waals surface area contributed by atoms with Crippen LogP contribution in [0.15, 0.2) is 17.5 Å². The third-order valence-electron chi connectivity index (χ3n) is 2.86. The van der Waals surface area contributed by atoms with Gasteiger partial charge in [-0.05, 0) is 31.7 Å². The number of nitrogens with one attached hydrogen (secondary N) is 1. The molecular weight excluding hydrogens is 220 g/mol. The van der Waals surface area contributed by atoms with E-state index in [1.54, 1.807) is 11.3 Å². The number of fused-ring (bicyclic) bond motifs is 1. The van der Waals surface area contributed by atoms with E-state index >= 15 is 0 Å². The molecule has 1 N–H and O–H groups in total. The average molecular weight is 234 g/mol. The highest BCUT2D eigenvalue weighted by Gasteiger charge is 2.27. The third-order valence-corrected chi connectivity index (χ3v) is 3.83. The predicted molar refractivity (Wildman–Crippen MR) is 64.9 cm³/mol. The summed E-state index contributed by atoms with van der Waals surface area (Å²) in [4.78, 5) is 5.77. The number of aryl methyl sites for hydroxylation is 1. The predicted octanol–water partition coefficient (Wildman–Crippen LogP) is 2.44. The van der Waals surface area contributed by atoms with Gasteiger partial charge in [0.1, 0.15) is 5.82 Å². The largest absolute Gasteiger partial charge is 0.352 e. The van der Waals surface area contributed by atoms with Crippen LogP contribution in [0.5, 0.6) is 0 Å². The highest BCUT2D eigenvalue weighted by atomic mass is 32.1. The summed E-state index contributed by atoms with van der Waals surface area (Å²) in [6, 6.07) is 5.06. The van der Waals surface area contributed by atoms with Crippen LogP contribution < -0.4 is 5.32 Å². The molecule has 0 radical (unpaired) electrons. The van der Waals surface area contributed by atoms with Crippen LogP contribution >= 0.6 is 11.3 Å². The monoisotopic (exact) mass is 234 g/mol. The number of hydrogen-bond donors (Lipinski definition) is 1. The Kier molecular flexibility index (Phi) is 2.21. The molecule has 4 nitrogen and oxygen atoms in total. The molecule has 0 spiro atoms. The van der Waals surface area contributed by atoms with E-state index in [9.17, 15) is 0 Å². The fraction of sp³-hybridized carbons (Fsp3) is 0.455. The van der Waals surface area contributed by atoms with Crippen molar-refractivity contribution in [2.75, 3.05) is 5.32 Å². The first kappa shape index (κ1) is 9.84. The molecule has 84 valence electrons. The van der Waals surface area contributed by atoms with Gasteiger partial charge in [-0.25, -0.2) is 4.68 Å². The van der Waals surface area contributed by atoms with Crippen LogP contribution in [-0.2, 0) is 0 Å². The summed E-state index contributed by atoms with van der Waals surface area (Å²) in [6.45, 7) is 4.12. The van der Waals surface area contributed by atoms with Crippen LogP contribution in [-0.4, -0.2) is 20.8 Å². The molecule has 0 saturated carbocycles. The maximum atomic E-state index is 4.47. The Hall–Kier alpha value is -1.36. The summed E-state index contributed by atoms with van der Waals surface area (Å²) in [5.41, 5.74) is 0. The second kappa shape index (κ2) is 3.59. The first-order valence-corrected chi connectivity index (χ1v) is 6.35. The molecule has 0 aromatic carbocycles. The van der Waals surface area contributed by atoms with Crippen LogP contribution in [0.25, 0.3) is 0 Å². The van der Waals surface area contributed by atoms with Gasteiger partial charge >= 0.3 is 0 Å². The molecule has 3 rings (SSSR count). The molecule has 0 fully saturated rings. The van der Waals surface area contributed by atoms with E-state index in [2.05, 4.69) is 39.8 Å². The molecule has 0 bridgehead atoms. The summed E-state index contributed by atoms with van der Waals surface area (Å²) in [5.74, 6) is 1.73. The van der Waals surface area contributed by atoms with Gasteiger partial charge in [0.05, 0.1) is 6.04 Å². The molecule has 3 heterocycles. The van der Waals surface area contributed by atoms with Gasteiger partial charge in [0.25, 0.3) is 0 Å². The van der Waals surface area contributed by atoms with Crippen molar-refractivity contribution >= 4 is 17.3 Å². The molecular formula is C11H14N4S. The van der Waals surface area contributed by atoms with Gasteiger partial charge in [-0.3, -0.25) is 0 Å². The van der Waals surface area contributed by atoms with Crippen LogP contribution in [0.1, 0.15) is 30.1 Å². The lowest BCUT2D eigenvalue weighted by atomic mass is 10.1. The number of aromatic nitrogens is 3. The number of thiophene rings is 1. The highest BCUT2D eigenvalue weighted by Crippen LogP contribution is 2.33. The van der Waals surface area contributed by atoms with Crippen LogP contribution in [0, 0.1) is 6.92 Å². The zero-order valence-corrected chi connectivity index (χ0v) is 10.2. The zero-order chi connectivity index (χ0) is 11.1. The van der Waals surface area contributed by atoms with Gasteiger partial charge in [-0.2, -0.15) is 10.1 Å². The Labute approximate surface area is 98.3 Å². The molecule has 0 unspecified atom stereocenters. The number of anilines is 1. The number of hydrogen-bond acceptors (Lipinski definition) is 4. The minimum Gasteiger partial charge on any atom is -0.352 e. The fourth-order valence-electron chi connectivity index (χ4n) is 2.18. The lowest BCUT2D eigenvalue weighted by Crippen LogP contribution is -2.30. The van der Waals surface area contributed by atoms with E-state index in [-0.39, 0.29) is 0 Å². The molecule has 0 saturated heterocycles. The Morgan fingerprint density at radius 3 is 3.19 bits per heavy atom. The summed E-state index contributed by atoms with van der Waals surface area (Å²) in [5, 5.41) is 9.96. The minimum atomic E-state index is 0.340. The Balaban J connectivity index is 2.06. The molecule has 1 aliphatic heterocycles. The van der Waals surface area contributed by atoms with Crippen molar-refractivity contribution in [3.05, 3.63) is 28.2 Å². The Morgan fingerprint density at radius 2 is 2.44 bits per heavy atom. The topological polar surface area (TPSA) is 42.7 Å². The SMILES string of the molecule is Cc1nc2n(n1)[C@H](c1cccs1)C[C@H](C)N2. The lowest BCUT2D eigenvalue weighted by molar-refractivity contribution is 0.442. The first-order chi connectivity index (χ1) is 7.74. The van der Waals surface area contributed by atoms with Gasteiger partial charge in [-0.1, -0.05) is 6.07 Å². The van der Waals surface area contributed by atoms with E-state index in [1.165, 1.54) is 4.88 Å². The van der Waals surface area contributed by atoms with Crippen LogP contribution in [0.3, 0.4) is 0 Å². The van der Waals surface area contributed by atoms with E-state index in [1.807, 2.05) is 11.6 Å². The minimum absolute atomic E-state index is 0.340. The van der Waals surface area contributed by atoms with Gasteiger partial charge in [0.15, 0.2) is 0 Å². The zero-order valence-electron chi connectivity index (χ0n) is 9.34. The summed E-state index contributed by atoms with van der Waals surface area (Å²) >= 11 is 1.79. The maximum absolute atomic E-state index is 4.47. The van der Waals surface area contributed by atoms with E-state index < -0.39 is 0 Å². The summed E-state index contributed by atoms with van der Waals surface area (Å²) in [6.07, 6.45) is 1.07. The average Bonchev–Trinajstić information content (AvgIpc) is 2.83. The van der Waals surface area contributed by atoms with Gasteiger partial charge in [-0.15, -0.1) is 11.3 Å². The Morgan fingerprint density at radius 1 is 1.56 bits per heavy atom. The molecule has 0 aliphatic carbocycles. The number of nitrogens with zero attached hydrogens (tertiary/aromatic N) is 3. The van der Waals surface area contributed by atoms with Crippen molar-refractivity contribution < 1.29 is 0 Å². The van der Waals surface area contributed by atoms with Crippen molar-refractivity contribution in [2.45, 2.75) is 32.4 Å². The molecule has 5 heteroatoms.